The summed E-state index contributed by atoms with van der Waals surface area (Å²) in [6.07, 6.45) is 5.74. The van der Waals surface area contributed by atoms with E-state index in [0.717, 1.165) is 56.0 Å². The van der Waals surface area contributed by atoms with E-state index in [1.807, 2.05) is 31.4 Å². The van der Waals surface area contributed by atoms with E-state index in [9.17, 15) is 9.90 Å². The lowest BCUT2D eigenvalue weighted by atomic mass is 10.1. The summed E-state index contributed by atoms with van der Waals surface area (Å²) in [6.45, 7) is 8.05. The number of rotatable bonds is 13. The molecular formula is C20H36IN3O3S. The summed E-state index contributed by atoms with van der Waals surface area (Å²) in [5, 5.41) is 19.1. The van der Waals surface area contributed by atoms with Crippen LogP contribution in [0.1, 0.15) is 64.2 Å². The summed E-state index contributed by atoms with van der Waals surface area (Å²) < 4.78 is 4.92. The molecule has 0 aromatic carbocycles. The predicted molar refractivity (Wildman–Crippen MR) is 128 cm³/mol. The van der Waals surface area contributed by atoms with Crippen molar-refractivity contribution in [1.29, 1.82) is 0 Å². The monoisotopic (exact) mass is 525 g/mol. The number of carbonyl (C=O) groups excluding carboxylic acids is 1. The van der Waals surface area contributed by atoms with Crippen molar-refractivity contribution in [2.24, 2.45) is 4.99 Å². The molecular weight excluding hydrogens is 489 g/mol. The first kappa shape index (κ1) is 27.1. The maximum Gasteiger partial charge on any atom is 0.305 e. The molecule has 0 fully saturated rings. The molecule has 0 aliphatic heterocycles. The van der Waals surface area contributed by atoms with Crippen molar-refractivity contribution in [3.63, 3.8) is 0 Å². The van der Waals surface area contributed by atoms with Gasteiger partial charge in [0.15, 0.2) is 5.96 Å². The lowest BCUT2D eigenvalue weighted by Gasteiger charge is -2.20. The second-order valence-corrected chi connectivity index (χ2v) is 7.64. The number of aliphatic hydroxyl groups is 1. The van der Waals surface area contributed by atoms with Gasteiger partial charge in [0, 0.05) is 24.4 Å². The normalized spacial score (nSPS) is 13.4. The van der Waals surface area contributed by atoms with Crippen LogP contribution in [0, 0.1) is 0 Å². The van der Waals surface area contributed by atoms with Crippen LogP contribution < -0.4 is 10.6 Å². The molecule has 0 aliphatic rings. The maximum atomic E-state index is 11.3. The van der Waals surface area contributed by atoms with Crippen molar-refractivity contribution in [3.05, 3.63) is 22.4 Å². The van der Waals surface area contributed by atoms with Gasteiger partial charge in [-0.1, -0.05) is 25.3 Å². The Balaban J connectivity index is 0.00000729. The van der Waals surface area contributed by atoms with Gasteiger partial charge in [0.2, 0.25) is 0 Å². The number of esters is 1. The van der Waals surface area contributed by atoms with Gasteiger partial charge in [0.25, 0.3) is 0 Å². The Kier molecular flexibility index (Phi) is 15.5. The molecule has 0 spiro atoms. The fraction of sp³-hybridized carbons (Fsp3) is 0.700. The minimum Gasteiger partial charge on any atom is -0.466 e. The largest absolute Gasteiger partial charge is 0.466 e. The minimum absolute atomic E-state index is 0. The lowest BCUT2D eigenvalue weighted by molar-refractivity contribution is -0.143. The number of guanidine groups is 1. The van der Waals surface area contributed by atoms with Crippen LogP contribution in [0.2, 0.25) is 0 Å². The molecule has 0 bridgehead atoms. The first-order valence-electron chi connectivity index (χ1n) is 9.93. The van der Waals surface area contributed by atoms with Crippen LogP contribution >= 0.6 is 35.3 Å². The molecule has 162 valence electrons. The van der Waals surface area contributed by atoms with Crippen LogP contribution in [0.15, 0.2) is 22.5 Å². The molecule has 0 radical (unpaired) electrons. The van der Waals surface area contributed by atoms with Crippen molar-refractivity contribution in [3.8, 4) is 0 Å². The number of thiophene rings is 1. The number of nitrogens with one attached hydrogen (secondary N) is 2. The average Bonchev–Trinajstić information content (AvgIpc) is 3.17. The molecule has 1 rings (SSSR count). The van der Waals surface area contributed by atoms with Gasteiger partial charge >= 0.3 is 5.97 Å². The number of hydrogen-bond acceptors (Lipinski definition) is 5. The Morgan fingerprint density at radius 2 is 1.93 bits per heavy atom. The summed E-state index contributed by atoms with van der Waals surface area (Å²) in [6, 6.07) is 3.87. The fourth-order valence-corrected chi connectivity index (χ4v) is 3.38. The van der Waals surface area contributed by atoms with Crippen molar-refractivity contribution in [1.82, 2.24) is 10.6 Å². The number of unbranched alkanes of at least 4 members (excludes halogenated alkanes) is 4. The molecule has 0 saturated carbocycles. The number of nitrogens with zero attached hydrogens (tertiary/aromatic N) is 1. The molecule has 3 N–H and O–H groups in total. The van der Waals surface area contributed by atoms with Crippen LogP contribution in [-0.4, -0.2) is 43.3 Å². The summed E-state index contributed by atoms with van der Waals surface area (Å²) in [7, 11) is 0. The summed E-state index contributed by atoms with van der Waals surface area (Å²) >= 11 is 1.54. The van der Waals surface area contributed by atoms with E-state index in [0.29, 0.717) is 19.6 Å². The standard InChI is InChI=1S/C20H35N3O3S.HI/c1-4-21-19(23-16-20(3,25)17-12-11-15-27-17)22-14-10-8-6-7-9-13-18(24)26-5-2;/h11-12,15,25H,4-10,13-14,16H2,1-3H3,(H2,21,22,23);1H. The smallest absolute Gasteiger partial charge is 0.305 e. The Morgan fingerprint density at radius 1 is 1.21 bits per heavy atom. The van der Waals surface area contributed by atoms with Crippen molar-refractivity contribution >= 4 is 47.2 Å². The van der Waals surface area contributed by atoms with Gasteiger partial charge in [-0.2, -0.15) is 0 Å². The second kappa shape index (κ2) is 16.0. The molecule has 1 atom stereocenters. The molecule has 0 saturated heterocycles. The van der Waals surface area contributed by atoms with E-state index >= 15 is 0 Å². The highest BCUT2D eigenvalue weighted by atomic mass is 127. The molecule has 1 aromatic heterocycles. The van der Waals surface area contributed by atoms with E-state index in [2.05, 4.69) is 15.6 Å². The SMILES string of the molecule is CCNC(=NCC(C)(O)c1cccs1)NCCCCCCCC(=O)OCC.I. The zero-order chi connectivity index (χ0) is 20.0. The fourth-order valence-electron chi connectivity index (χ4n) is 2.60. The van der Waals surface area contributed by atoms with Crippen LogP contribution in [0.3, 0.4) is 0 Å². The first-order chi connectivity index (χ1) is 13.0. The average molecular weight is 525 g/mol. The third kappa shape index (κ3) is 11.9. The highest BCUT2D eigenvalue weighted by Crippen LogP contribution is 2.25. The summed E-state index contributed by atoms with van der Waals surface area (Å²) in [5.41, 5.74) is -0.949. The van der Waals surface area contributed by atoms with Gasteiger partial charge in [-0.25, -0.2) is 4.99 Å². The lowest BCUT2D eigenvalue weighted by Crippen LogP contribution is -2.39. The van der Waals surface area contributed by atoms with Gasteiger partial charge in [0.1, 0.15) is 5.60 Å². The van der Waals surface area contributed by atoms with Crippen LogP contribution in [0.25, 0.3) is 0 Å². The predicted octanol–water partition coefficient (Wildman–Crippen LogP) is 4.03. The zero-order valence-electron chi connectivity index (χ0n) is 17.3. The number of carbonyl (C=O) groups is 1. The van der Waals surface area contributed by atoms with Crippen molar-refractivity contribution in [2.45, 2.75) is 64.9 Å². The highest BCUT2D eigenvalue weighted by molar-refractivity contribution is 14.0. The van der Waals surface area contributed by atoms with Crippen molar-refractivity contribution in [2.75, 3.05) is 26.2 Å². The summed E-state index contributed by atoms with van der Waals surface area (Å²) in [4.78, 5) is 16.7. The zero-order valence-corrected chi connectivity index (χ0v) is 20.5. The van der Waals surface area contributed by atoms with E-state index in [1.165, 1.54) is 0 Å². The number of hydrogen-bond donors (Lipinski definition) is 3. The van der Waals surface area contributed by atoms with E-state index in [4.69, 9.17) is 4.74 Å². The molecule has 0 aliphatic carbocycles. The quantitative estimate of drug-likeness (QED) is 0.119. The molecule has 8 heteroatoms. The van der Waals surface area contributed by atoms with Gasteiger partial charge in [0.05, 0.1) is 13.2 Å². The van der Waals surface area contributed by atoms with Gasteiger partial charge in [-0.3, -0.25) is 4.79 Å². The molecule has 0 amide bonds. The van der Waals surface area contributed by atoms with Gasteiger partial charge < -0.3 is 20.5 Å². The van der Waals surface area contributed by atoms with Gasteiger partial charge in [-0.15, -0.1) is 35.3 Å². The van der Waals surface area contributed by atoms with E-state index in [1.54, 1.807) is 18.3 Å². The number of halogens is 1. The maximum absolute atomic E-state index is 11.3. The van der Waals surface area contributed by atoms with E-state index in [-0.39, 0.29) is 29.9 Å². The Bertz CT molecular complexity index is 551. The van der Waals surface area contributed by atoms with Crippen LogP contribution in [-0.2, 0) is 15.1 Å². The Morgan fingerprint density at radius 3 is 2.57 bits per heavy atom. The minimum atomic E-state index is -0.949. The highest BCUT2D eigenvalue weighted by Gasteiger charge is 2.23. The molecule has 1 heterocycles. The molecule has 28 heavy (non-hydrogen) atoms. The number of ether oxygens (including phenoxy) is 1. The third-order valence-electron chi connectivity index (χ3n) is 4.10. The van der Waals surface area contributed by atoms with E-state index < -0.39 is 5.60 Å². The Labute approximate surface area is 190 Å². The number of aliphatic imine (C=N–C) groups is 1. The molecule has 1 unspecified atom stereocenters. The third-order valence-corrected chi connectivity index (χ3v) is 5.22. The molecule has 1 aromatic rings. The second-order valence-electron chi connectivity index (χ2n) is 6.70. The van der Waals surface area contributed by atoms with Gasteiger partial charge in [-0.05, 0) is 45.1 Å². The molecule has 6 nitrogen and oxygen atoms in total. The van der Waals surface area contributed by atoms with Crippen LogP contribution in [0.4, 0.5) is 0 Å². The van der Waals surface area contributed by atoms with Crippen LogP contribution in [0.5, 0.6) is 0 Å². The summed E-state index contributed by atoms with van der Waals surface area (Å²) in [5.74, 6) is 0.640. The Hall–Kier alpha value is -0.870. The topological polar surface area (TPSA) is 83.0 Å². The first-order valence-corrected chi connectivity index (χ1v) is 10.8. The van der Waals surface area contributed by atoms with Crippen molar-refractivity contribution < 1.29 is 14.6 Å².